The molecule has 0 spiro atoms. The summed E-state index contributed by atoms with van der Waals surface area (Å²) in [5.41, 5.74) is 0.640. The number of benzene rings is 3. The van der Waals surface area contributed by atoms with Crippen molar-refractivity contribution < 1.29 is 18.0 Å². The molecule has 0 aromatic heterocycles. The monoisotopic (exact) mass is 629 g/mol. The van der Waals surface area contributed by atoms with E-state index in [4.69, 9.17) is 46.4 Å². The van der Waals surface area contributed by atoms with E-state index in [9.17, 15) is 18.0 Å². The van der Waals surface area contributed by atoms with E-state index in [1.54, 1.807) is 44.2 Å². The molecule has 0 fully saturated rings. The topological polar surface area (TPSA) is 86.8 Å². The van der Waals surface area contributed by atoms with Gasteiger partial charge in [0.25, 0.3) is 10.0 Å². The zero-order chi connectivity index (χ0) is 28.7. The number of amides is 2. The maximum Gasteiger partial charge on any atom is 0.264 e. The Bertz CT molecular complexity index is 1420. The first-order chi connectivity index (χ1) is 18.5. The SMILES string of the molecule is CCNC(=O)[C@H](CC)N(Cc1ccc(Cl)cc1Cl)C(=O)CN(c1cc(Cl)cc(Cl)c1)S(=O)(=O)c1ccccc1. The van der Waals surface area contributed by atoms with Crippen LogP contribution in [-0.4, -0.2) is 44.3 Å². The summed E-state index contributed by atoms with van der Waals surface area (Å²) < 4.78 is 28.5. The number of nitrogens with zero attached hydrogens (tertiary/aromatic N) is 2. The molecule has 2 amide bonds. The first-order valence-electron chi connectivity index (χ1n) is 12.0. The highest BCUT2D eigenvalue weighted by Crippen LogP contribution is 2.30. The van der Waals surface area contributed by atoms with Crippen LogP contribution in [-0.2, 0) is 26.2 Å². The molecule has 0 unspecified atom stereocenters. The van der Waals surface area contributed by atoms with Crippen molar-refractivity contribution in [3.05, 3.63) is 92.4 Å². The molecular weight excluding hydrogens is 604 g/mol. The van der Waals surface area contributed by atoms with Crippen molar-refractivity contribution in [3.63, 3.8) is 0 Å². The number of halogens is 4. The molecule has 7 nitrogen and oxygen atoms in total. The molecule has 0 radical (unpaired) electrons. The minimum atomic E-state index is -4.24. The normalized spacial score (nSPS) is 12.1. The number of rotatable bonds is 11. The van der Waals surface area contributed by atoms with E-state index in [1.807, 2.05) is 0 Å². The van der Waals surface area contributed by atoms with Crippen molar-refractivity contribution in [2.24, 2.45) is 0 Å². The molecular formula is C27H27Cl4N3O4S. The number of carbonyl (C=O) groups excluding carboxylic acids is 2. The van der Waals surface area contributed by atoms with Crippen LogP contribution in [0.1, 0.15) is 25.8 Å². The van der Waals surface area contributed by atoms with E-state index >= 15 is 0 Å². The fourth-order valence-electron chi connectivity index (χ4n) is 3.98. The Labute approximate surface area is 248 Å². The first kappa shape index (κ1) is 31.0. The van der Waals surface area contributed by atoms with Gasteiger partial charge in [-0.15, -0.1) is 0 Å². The Hall–Kier alpha value is -2.49. The number of anilines is 1. The summed E-state index contributed by atoms with van der Waals surface area (Å²) in [4.78, 5) is 28.2. The number of likely N-dealkylation sites (N-methyl/N-ethyl adjacent to an activating group) is 1. The Balaban J connectivity index is 2.10. The fourth-order valence-corrected chi connectivity index (χ4v) is 6.38. The zero-order valence-corrected chi connectivity index (χ0v) is 25.0. The Morgan fingerprint density at radius 3 is 2.08 bits per heavy atom. The molecule has 0 saturated heterocycles. The third kappa shape index (κ3) is 7.80. The van der Waals surface area contributed by atoms with Crippen molar-refractivity contribution in [2.45, 2.75) is 37.8 Å². The van der Waals surface area contributed by atoms with Crippen LogP contribution in [0, 0.1) is 0 Å². The van der Waals surface area contributed by atoms with Crippen molar-refractivity contribution in [3.8, 4) is 0 Å². The van der Waals surface area contributed by atoms with Gasteiger partial charge >= 0.3 is 0 Å². The van der Waals surface area contributed by atoms with Gasteiger partial charge in [0.05, 0.1) is 10.6 Å². The van der Waals surface area contributed by atoms with Crippen molar-refractivity contribution in [1.82, 2.24) is 10.2 Å². The molecule has 0 saturated carbocycles. The summed E-state index contributed by atoms with van der Waals surface area (Å²) in [6, 6.07) is 15.9. The average Bonchev–Trinajstić information content (AvgIpc) is 2.88. The quantitative estimate of drug-likeness (QED) is 0.264. The van der Waals surface area contributed by atoms with E-state index in [1.165, 1.54) is 41.3 Å². The van der Waals surface area contributed by atoms with Gasteiger partial charge in [-0.1, -0.05) is 77.6 Å². The zero-order valence-electron chi connectivity index (χ0n) is 21.2. The van der Waals surface area contributed by atoms with Gasteiger partial charge in [0, 0.05) is 33.2 Å². The van der Waals surface area contributed by atoms with Crippen LogP contribution in [0.25, 0.3) is 0 Å². The molecule has 0 aliphatic rings. The summed E-state index contributed by atoms with van der Waals surface area (Å²) >= 11 is 24.8. The van der Waals surface area contributed by atoms with E-state index in [0.29, 0.717) is 22.2 Å². The molecule has 0 aliphatic carbocycles. The number of sulfonamides is 1. The summed E-state index contributed by atoms with van der Waals surface area (Å²) in [7, 11) is -4.24. The Kier molecular flexibility index (Phi) is 10.9. The second-order valence-electron chi connectivity index (χ2n) is 8.53. The largest absolute Gasteiger partial charge is 0.355 e. The number of carbonyl (C=O) groups is 2. The highest BCUT2D eigenvalue weighted by molar-refractivity contribution is 7.92. The Morgan fingerprint density at radius 1 is 0.872 bits per heavy atom. The molecule has 39 heavy (non-hydrogen) atoms. The van der Waals surface area contributed by atoms with Gasteiger partial charge in [0.2, 0.25) is 11.8 Å². The first-order valence-corrected chi connectivity index (χ1v) is 15.0. The van der Waals surface area contributed by atoms with Crippen molar-refractivity contribution in [2.75, 3.05) is 17.4 Å². The van der Waals surface area contributed by atoms with Crippen LogP contribution >= 0.6 is 46.4 Å². The van der Waals surface area contributed by atoms with Crippen LogP contribution in [0.4, 0.5) is 5.69 Å². The molecule has 3 rings (SSSR count). The maximum absolute atomic E-state index is 14.0. The van der Waals surface area contributed by atoms with Gasteiger partial charge in [-0.2, -0.15) is 0 Å². The molecule has 12 heteroatoms. The fraction of sp³-hybridized carbons (Fsp3) is 0.259. The van der Waals surface area contributed by atoms with Crippen molar-refractivity contribution in [1.29, 1.82) is 0 Å². The number of hydrogen-bond donors (Lipinski definition) is 1. The standard InChI is InChI=1S/C27H27Cl4N3O4S/c1-3-25(27(36)32-4-2)33(16-18-10-11-19(28)15-24(18)31)26(35)17-34(22-13-20(29)12-21(30)14-22)39(37,38)23-8-6-5-7-9-23/h5-15,25H,3-4,16-17H2,1-2H3,(H,32,36)/t25-/m0/s1. The molecule has 208 valence electrons. The van der Waals surface area contributed by atoms with Gasteiger partial charge < -0.3 is 10.2 Å². The number of hydrogen-bond acceptors (Lipinski definition) is 4. The third-order valence-corrected chi connectivity index (χ3v) is 8.65. The predicted octanol–water partition coefficient (Wildman–Crippen LogP) is 6.44. The average molecular weight is 631 g/mol. The molecule has 0 bridgehead atoms. The van der Waals surface area contributed by atoms with Gasteiger partial charge in [0.1, 0.15) is 12.6 Å². The molecule has 0 heterocycles. The maximum atomic E-state index is 14.0. The van der Waals surface area contributed by atoms with E-state index in [0.717, 1.165) is 4.31 Å². The lowest BCUT2D eigenvalue weighted by Crippen LogP contribution is -2.52. The minimum Gasteiger partial charge on any atom is -0.355 e. The summed E-state index contributed by atoms with van der Waals surface area (Å²) in [5.74, 6) is -1.00. The molecule has 3 aromatic carbocycles. The Morgan fingerprint density at radius 2 is 1.51 bits per heavy atom. The predicted molar refractivity (Wildman–Crippen MR) is 157 cm³/mol. The number of nitrogens with one attached hydrogen (secondary N) is 1. The molecule has 1 N–H and O–H groups in total. The lowest BCUT2D eigenvalue weighted by molar-refractivity contribution is -0.140. The summed E-state index contributed by atoms with van der Waals surface area (Å²) in [6.45, 7) is 3.20. The van der Waals surface area contributed by atoms with E-state index in [-0.39, 0.29) is 39.5 Å². The molecule has 1 atom stereocenters. The van der Waals surface area contributed by atoms with Crippen LogP contribution in [0.2, 0.25) is 20.1 Å². The van der Waals surface area contributed by atoms with Crippen LogP contribution in [0.15, 0.2) is 71.6 Å². The van der Waals surface area contributed by atoms with Crippen LogP contribution in [0.3, 0.4) is 0 Å². The molecule has 0 aliphatic heterocycles. The lowest BCUT2D eigenvalue weighted by Gasteiger charge is -2.33. The summed E-state index contributed by atoms with van der Waals surface area (Å²) in [5, 5.41) is 3.85. The van der Waals surface area contributed by atoms with E-state index < -0.39 is 28.5 Å². The van der Waals surface area contributed by atoms with Crippen LogP contribution < -0.4 is 9.62 Å². The third-order valence-electron chi connectivity index (χ3n) is 5.84. The highest BCUT2D eigenvalue weighted by atomic mass is 35.5. The summed E-state index contributed by atoms with van der Waals surface area (Å²) in [6.07, 6.45) is 0.275. The van der Waals surface area contributed by atoms with Gasteiger partial charge in [-0.05, 0) is 61.4 Å². The molecule has 3 aromatic rings. The highest BCUT2D eigenvalue weighted by Gasteiger charge is 2.34. The van der Waals surface area contributed by atoms with E-state index in [2.05, 4.69) is 5.32 Å². The van der Waals surface area contributed by atoms with Crippen molar-refractivity contribution >= 4 is 73.9 Å². The van der Waals surface area contributed by atoms with Gasteiger partial charge in [-0.3, -0.25) is 13.9 Å². The smallest absolute Gasteiger partial charge is 0.264 e. The second kappa shape index (κ2) is 13.7. The van der Waals surface area contributed by atoms with Gasteiger partial charge in [0.15, 0.2) is 0 Å². The van der Waals surface area contributed by atoms with Crippen LogP contribution in [0.5, 0.6) is 0 Å². The minimum absolute atomic E-state index is 0.0306. The van der Waals surface area contributed by atoms with Gasteiger partial charge in [-0.25, -0.2) is 8.42 Å². The lowest BCUT2D eigenvalue weighted by atomic mass is 10.1. The second-order valence-corrected chi connectivity index (χ2v) is 12.1.